The monoisotopic (exact) mass is 582 g/mol. The van der Waals surface area contributed by atoms with Gasteiger partial charge in [-0.1, -0.05) is 18.2 Å². The van der Waals surface area contributed by atoms with Gasteiger partial charge in [-0.3, -0.25) is 0 Å². The number of hydrogen-bond donors (Lipinski definition) is 1. The van der Waals surface area contributed by atoms with Crippen LogP contribution in [0.15, 0.2) is 60.7 Å². The number of ether oxygens (including phenoxy) is 5. The van der Waals surface area contributed by atoms with Gasteiger partial charge in [0.2, 0.25) is 0 Å². The van der Waals surface area contributed by atoms with Gasteiger partial charge in [0.15, 0.2) is 0 Å². The maximum Gasteiger partial charge on any atom is 0.142 e. The van der Waals surface area contributed by atoms with Gasteiger partial charge in [-0.2, -0.15) is 0 Å². The molecule has 0 unspecified atom stereocenters. The topological polar surface area (TPSA) is 61.4 Å². The van der Waals surface area contributed by atoms with E-state index in [1.165, 1.54) is 17.7 Å². The van der Waals surface area contributed by atoms with Crippen LogP contribution in [-0.4, -0.2) is 65.8 Å². The molecule has 1 N–H and O–H groups in total. The molecule has 226 valence electrons. The summed E-state index contributed by atoms with van der Waals surface area (Å²) in [5.74, 6) is 0.732. The highest BCUT2D eigenvalue weighted by Crippen LogP contribution is 2.34. The molecule has 1 saturated heterocycles. The van der Waals surface area contributed by atoms with Crippen molar-refractivity contribution in [2.75, 3.05) is 64.6 Å². The van der Waals surface area contributed by atoms with Crippen LogP contribution in [0.1, 0.15) is 35.4 Å². The summed E-state index contributed by atoms with van der Waals surface area (Å²) in [6.45, 7) is 6.30. The molecule has 9 heteroatoms. The van der Waals surface area contributed by atoms with Gasteiger partial charge in [0.1, 0.15) is 36.3 Å². The van der Waals surface area contributed by atoms with E-state index in [0.29, 0.717) is 32.0 Å². The number of benzene rings is 3. The average molecular weight is 583 g/mol. The lowest BCUT2D eigenvalue weighted by molar-refractivity contribution is 0.0106. The molecule has 3 aromatic carbocycles. The lowest BCUT2D eigenvalue weighted by Gasteiger charge is -2.33. The van der Waals surface area contributed by atoms with Crippen LogP contribution in [0.5, 0.6) is 11.5 Å². The summed E-state index contributed by atoms with van der Waals surface area (Å²) in [6, 6.07) is 17.9. The first-order valence-electron chi connectivity index (χ1n) is 14.7. The Hall–Kier alpha value is -3.24. The molecule has 2 aliphatic rings. The molecule has 0 saturated carbocycles. The normalized spacial score (nSPS) is 18.4. The number of anilines is 1. The SMILES string of the molecule is COCCCN1CCOc2ccc(CO[C@H]3CNCC[C@@H]3c3ccc(OCCOCc4cc(F)cc(F)c4)cc3)cc21. The Morgan fingerprint density at radius 2 is 1.76 bits per heavy atom. The van der Waals surface area contributed by atoms with Crippen LogP contribution < -0.4 is 19.7 Å². The van der Waals surface area contributed by atoms with Crippen molar-refractivity contribution in [3.05, 3.63) is 89.0 Å². The zero-order valence-corrected chi connectivity index (χ0v) is 24.2. The summed E-state index contributed by atoms with van der Waals surface area (Å²) < 4.78 is 55.6. The Morgan fingerprint density at radius 3 is 2.57 bits per heavy atom. The van der Waals surface area contributed by atoms with Gasteiger partial charge in [0.25, 0.3) is 0 Å². The number of piperidine rings is 1. The number of halogens is 2. The van der Waals surface area contributed by atoms with Crippen molar-refractivity contribution in [1.82, 2.24) is 5.32 Å². The van der Waals surface area contributed by atoms with Crippen molar-refractivity contribution in [2.24, 2.45) is 0 Å². The molecule has 2 atom stereocenters. The largest absolute Gasteiger partial charge is 0.491 e. The molecule has 1 fully saturated rings. The number of fused-ring (bicyclic) bond motifs is 1. The Balaban J connectivity index is 1.11. The predicted molar refractivity (Wildman–Crippen MR) is 157 cm³/mol. The molecule has 0 amide bonds. The van der Waals surface area contributed by atoms with E-state index in [0.717, 1.165) is 74.4 Å². The minimum atomic E-state index is -0.610. The highest BCUT2D eigenvalue weighted by atomic mass is 19.1. The molecule has 42 heavy (non-hydrogen) atoms. The molecule has 5 rings (SSSR count). The fourth-order valence-electron chi connectivity index (χ4n) is 5.54. The van der Waals surface area contributed by atoms with Crippen LogP contribution in [-0.2, 0) is 27.4 Å². The van der Waals surface area contributed by atoms with E-state index in [-0.39, 0.29) is 18.6 Å². The van der Waals surface area contributed by atoms with Gasteiger partial charge in [-0.05, 0) is 72.5 Å². The maximum atomic E-state index is 13.3. The van der Waals surface area contributed by atoms with Crippen LogP contribution in [0.3, 0.4) is 0 Å². The summed E-state index contributed by atoms with van der Waals surface area (Å²) in [5, 5.41) is 3.48. The summed E-state index contributed by atoms with van der Waals surface area (Å²) in [5.41, 5.74) is 3.94. The van der Waals surface area contributed by atoms with Crippen molar-refractivity contribution in [3.63, 3.8) is 0 Å². The number of nitrogens with zero attached hydrogens (tertiary/aromatic N) is 1. The van der Waals surface area contributed by atoms with E-state index in [4.69, 9.17) is 23.7 Å². The third-order valence-electron chi connectivity index (χ3n) is 7.65. The summed E-state index contributed by atoms with van der Waals surface area (Å²) in [4.78, 5) is 2.37. The quantitative estimate of drug-likeness (QED) is 0.254. The third kappa shape index (κ3) is 8.41. The molecule has 7 nitrogen and oxygen atoms in total. The Labute approximate surface area is 246 Å². The lowest BCUT2D eigenvalue weighted by atomic mass is 9.87. The zero-order chi connectivity index (χ0) is 29.1. The third-order valence-corrected chi connectivity index (χ3v) is 7.65. The van der Waals surface area contributed by atoms with Crippen LogP contribution in [0.25, 0.3) is 0 Å². The van der Waals surface area contributed by atoms with Crippen LogP contribution in [0.4, 0.5) is 14.5 Å². The highest BCUT2D eigenvalue weighted by Gasteiger charge is 2.27. The smallest absolute Gasteiger partial charge is 0.142 e. The second kappa shape index (κ2) is 15.3. The first-order chi connectivity index (χ1) is 20.6. The number of rotatable bonds is 14. The fraction of sp³-hybridized carbons (Fsp3) is 0.455. The van der Waals surface area contributed by atoms with Crippen LogP contribution in [0.2, 0.25) is 0 Å². The van der Waals surface area contributed by atoms with Crippen LogP contribution >= 0.6 is 0 Å². The summed E-state index contributed by atoms with van der Waals surface area (Å²) >= 11 is 0. The van der Waals surface area contributed by atoms with Gasteiger partial charge >= 0.3 is 0 Å². The molecule has 0 aromatic heterocycles. The lowest BCUT2D eigenvalue weighted by Crippen LogP contribution is -2.41. The van der Waals surface area contributed by atoms with Gasteiger partial charge in [-0.25, -0.2) is 8.78 Å². The summed E-state index contributed by atoms with van der Waals surface area (Å²) in [7, 11) is 1.74. The standard InChI is InChI=1S/C33H40F2N2O5/c1-38-13-2-11-37-12-14-41-32-8-3-24(19-31(32)37)23-42-33-21-36-10-9-30(33)26-4-6-29(7-5-26)40-16-15-39-22-25-17-27(34)20-28(35)18-25/h3-8,17-20,30,33,36H,2,9-16,21-23H2,1H3/t30-,33+/m1/s1. The zero-order valence-electron chi connectivity index (χ0n) is 24.2. The molecular weight excluding hydrogens is 542 g/mol. The molecular formula is C33H40F2N2O5. The molecule has 2 heterocycles. The second-order valence-corrected chi connectivity index (χ2v) is 10.7. The van der Waals surface area contributed by atoms with Gasteiger partial charge < -0.3 is 33.9 Å². The predicted octanol–water partition coefficient (Wildman–Crippen LogP) is 5.46. The van der Waals surface area contributed by atoms with Gasteiger partial charge in [0, 0.05) is 38.8 Å². The molecule has 0 radical (unpaired) electrons. The molecule has 2 aliphatic heterocycles. The van der Waals surface area contributed by atoms with Crippen LogP contribution in [0, 0.1) is 11.6 Å². The average Bonchev–Trinajstić information content (AvgIpc) is 3.00. The fourth-order valence-corrected chi connectivity index (χ4v) is 5.54. The van der Waals surface area contributed by atoms with Gasteiger partial charge in [0.05, 0.1) is 38.2 Å². The van der Waals surface area contributed by atoms with Crippen molar-refractivity contribution >= 4 is 5.69 Å². The number of hydrogen-bond acceptors (Lipinski definition) is 7. The number of nitrogens with one attached hydrogen (secondary N) is 1. The minimum absolute atomic E-state index is 0.0525. The first-order valence-corrected chi connectivity index (χ1v) is 14.7. The molecule has 0 bridgehead atoms. The van der Waals surface area contributed by atoms with E-state index in [1.54, 1.807) is 7.11 Å². The molecule has 3 aromatic rings. The van der Waals surface area contributed by atoms with E-state index < -0.39 is 11.6 Å². The second-order valence-electron chi connectivity index (χ2n) is 10.7. The maximum absolute atomic E-state index is 13.3. The van der Waals surface area contributed by atoms with E-state index in [9.17, 15) is 8.78 Å². The van der Waals surface area contributed by atoms with Crippen molar-refractivity contribution in [3.8, 4) is 11.5 Å². The Morgan fingerprint density at radius 1 is 0.929 bits per heavy atom. The molecule has 0 spiro atoms. The van der Waals surface area contributed by atoms with E-state index in [2.05, 4.69) is 40.5 Å². The highest BCUT2D eigenvalue weighted by molar-refractivity contribution is 5.61. The van der Waals surface area contributed by atoms with Crippen molar-refractivity contribution in [2.45, 2.75) is 38.1 Å². The van der Waals surface area contributed by atoms with E-state index >= 15 is 0 Å². The first kappa shape index (κ1) is 30.2. The van der Waals surface area contributed by atoms with Crippen molar-refractivity contribution in [1.29, 1.82) is 0 Å². The summed E-state index contributed by atoms with van der Waals surface area (Å²) in [6.07, 6.45) is 2.02. The Kier molecular flexibility index (Phi) is 11.0. The Bertz CT molecular complexity index is 1260. The number of methoxy groups -OCH3 is 1. The van der Waals surface area contributed by atoms with E-state index in [1.807, 2.05) is 12.1 Å². The molecule has 0 aliphatic carbocycles. The van der Waals surface area contributed by atoms with Gasteiger partial charge in [-0.15, -0.1) is 0 Å². The van der Waals surface area contributed by atoms with Crippen molar-refractivity contribution < 1.29 is 32.5 Å². The minimum Gasteiger partial charge on any atom is -0.491 e.